The van der Waals surface area contributed by atoms with Crippen molar-refractivity contribution in [2.75, 3.05) is 105 Å². The summed E-state index contributed by atoms with van der Waals surface area (Å²) in [6, 6.07) is 25.1. The Morgan fingerprint density at radius 2 is 1.44 bits per heavy atom. The van der Waals surface area contributed by atoms with Crippen LogP contribution in [0, 0.1) is 22.7 Å². The maximum Gasteiger partial charge on any atom is 0.328 e. The molecule has 3 aromatic carbocycles. The molecule has 310 valence electrons. The number of rotatable bonds is 8. The van der Waals surface area contributed by atoms with Gasteiger partial charge in [-0.1, -0.05) is 11.6 Å². The molecule has 0 aliphatic carbocycles. The number of anilines is 4. The summed E-state index contributed by atoms with van der Waals surface area (Å²) in [5.41, 5.74) is 5.88. The molecule has 13 heteroatoms. The molecular weight excluding hydrogens is 762 g/mol. The molecule has 0 aromatic heterocycles. The predicted molar refractivity (Wildman–Crippen MR) is 232 cm³/mol. The largest absolute Gasteiger partial charge is 0.371 e. The monoisotopic (exact) mass is 817 g/mol. The van der Waals surface area contributed by atoms with Crippen molar-refractivity contribution < 1.29 is 14.4 Å². The number of nitriles is 1. The molecule has 1 atom stereocenters. The SMILES string of the molecule is C[C@H]1CC2(CCN(c3ccc(C(=O)N4CCC(CN5CC(N6CCN(c7ccc(N8CCC(=O)NC8=O)cc7)CC6)C5)CC4)cc3)CC2)CN1c1ccc(C#N)c(Cl)c1. The first-order valence-electron chi connectivity index (χ1n) is 21.7. The summed E-state index contributed by atoms with van der Waals surface area (Å²) in [7, 11) is 0. The maximum atomic E-state index is 13.6. The Bertz CT molecular complexity index is 2060. The van der Waals surface area contributed by atoms with Crippen LogP contribution >= 0.6 is 11.6 Å². The Labute approximate surface area is 353 Å². The van der Waals surface area contributed by atoms with Gasteiger partial charge in [-0.25, -0.2) is 4.79 Å². The number of hydrogen-bond acceptors (Lipinski definition) is 9. The number of benzene rings is 3. The van der Waals surface area contributed by atoms with Crippen molar-refractivity contribution in [2.45, 2.75) is 57.5 Å². The third-order valence-corrected chi connectivity index (χ3v) is 14.6. The Hall–Kier alpha value is -4.83. The zero-order valence-corrected chi connectivity index (χ0v) is 35.0. The Kier molecular flexibility index (Phi) is 11.2. The maximum absolute atomic E-state index is 13.6. The van der Waals surface area contributed by atoms with Crippen LogP contribution in [0.25, 0.3) is 0 Å². The minimum Gasteiger partial charge on any atom is -0.371 e. The normalized spacial score (nSPS) is 23.4. The van der Waals surface area contributed by atoms with Crippen LogP contribution in [0.1, 0.15) is 61.4 Å². The quantitative estimate of drug-likeness (QED) is 0.297. The lowest BCUT2D eigenvalue weighted by Gasteiger charge is -2.49. The number of nitrogens with one attached hydrogen (secondary N) is 1. The molecule has 6 saturated heterocycles. The van der Waals surface area contributed by atoms with Crippen molar-refractivity contribution in [1.82, 2.24) is 20.0 Å². The molecule has 3 aromatic rings. The van der Waals surface area contributed by atoms with Crippen LogP contribution in [0.5, 0.6) is 0 Å². The van der Waals surface area contributed by atoms with E-state index in [0.717, 1.165) is 128 Å². The van der Waals surface area contributed by atoms with E-state index in [4.69, 9.17) is 11.6 Å². The second-order valence-electron chi connectivity index (χ2n) is 17.9. The van der Waals surface area contributed by atoms with Crippen LogP contribution in [0.2, 0.25) is 5.02 Å². The topological polar surface area (TPSA) is 110 Å². The van der Waals surface area contributed by atoms with E-state index in [9.17, 15) is 19.6 Å². The van der Waals surface area contributed by atoms with Gasteiger partial charge in [0.2, 0.25) is 5.91 Å². The number of urea groups is 1. The lowest BCUT2D eigenvalue weighted by molar-refractivity contribution is -0.120. The molecule has 1 N–H and O–H groups in total. The van der Waals surface area contributed by atoms with E-state index in [1.165, 1.54) is 11.4 Å². The second-order valence-corrected chi connectivity index (χ2v) is 18.3. The summed E-state index contributed by atoms with van der Waals surface area (Å²) in [5, 5.41) is 12.2. The number of imide groups is 1. The summed E-state index contributed by atoms with van der Waals surface area (Å²) < 4.78 is 0. The Morgan fingerprint density at radius 1 is 0.814 bits per heavy atom. The summed E-state index contributed by atoms with van der Waals surface area (Å²) in [6.45, 7) is 14.9. The summed E-state index contributed by atoms with van der Waals surface area (Å²) in [6.07, 6.45) is 5.88. The van der Waals surface area contributed by atoms with Gasteiger partial charge in [0.05, 0.1) is 10.6 Å². The minimum absolute atomic E-state index is 0.154. The van der Waals surface area contributed by atoms with Crippen molar-refractivity contribution >= 4 is 52.2 Å². The molecule has 1 spiro atoms. The lowest BCUT2D eigenvalue weighted by atomic mass is 9.76. The number of carbonyl (C=O) groups is 3. The van der Waals surface area contributed by atoms with Crippen LogP contribution in [0.4, 0.5) is 27.5 Å². The number of halogens is 1. The number of nitrogens with zero attached hydrogens (tertiary/aromatic N) is 8. The van der Waals surface area contributed by atoms with E-state index in [1.807, 2.05) is 42.5 Å². The van der Waals surface area contributed by atoms with Crippen LogP contribution in [0.3, 0.4) is 0 Å². The third kappa shape index (κ3) is 8.34. The highest BCUT2D eigenvalue weighted by Gasteiger charge is 2.44. The molecular formula is C46H56ClN9O3. The van der Waals surface area contributed by atoms with Crippen molar-refractivity contribution in [2.24, 2.45) is 11.3 Å². The zero-order chi connectivity index (χ0) is 40.7. The Balaban J connectivity index is 0.675. The van der Waals surface area contributed by atoms with Gasteiger partial charge < -0.3 is 19.6 Å². The first-order valence-corrected chi connectivity index (χ1v) is 22.0. The predicted octanol–water partition coefficient (Wildman–Crippen LogP) is 5.90. The van der Waals surface area contributed by atoms with E-state index < -0.39 is 0 Å². The van der Waals surface area contributed by atoms with E-state index in [1.54, 1.807) is 4.90 Å². The molecule has 6 aliphatic heterocycles. The Morgan fingerprint density at radius 3 is 2.08 bits per heavy atom. The van der Waals surface area contributed by atoms with Gasteiger partial charge in [0, 0.05) is 132 Å². The molecule has 6 aliphatic rings. The number of hydrogen-bond donors (Lipinski definition) is 1. The van der Waals surface area contributed by atoms with Crippen LogP contribution in [-0.4, -0.2) is 130 Å². The van der Waals surface area contributed by atoms with Gasteiger partial charge in [0.1, 0.15) is 6.07 Å². The van der Waals surface area contributed by atoms with Crippen molar-refractivity contribution in [1.29, 1.82) is 5.26 Å². The van der Waals surface area contributed by atoms with Crippen molar-refractivity contribution in [3.8, 4) is 6.07 Å². The number of carbonyl (C=O) groups excluding carboxylic acids is 3. The number of piperazine rings is 1. The molecule has 12 nitrogen and oxygen atoms in total. The lowest BCUT2D eigenvalue weighted by Crippen LogP contribution is -2.63. The van der Waals surface area contributed by atoms with E-state index in [0.29, 0.717) is 41.6 Å². The van der Waals surface area contributed by atoms with Gasteiger partial charge in [-0.2, -0.15) is 5.26 Å². The standard InChI is InChI=1S/C46H56ClN9O3/c1-33-27-46(32-56(33)40-7-4-36(28-48)42(47)26-40)15-20-51(21-16-46)37-5-2-35(3-6-37)44(58)54-17-12-34(13-18-54)29-50-30-41(31-50)53-24-22-52(23-25-53)38-8-10-39(11-9-38)55-19-14-43(57)49-45(55)59/h2-11,26,33-34,41H,12-25,27,29-32H2,1H3,(H,49,57,59)/t33-/m0/s1. The van der Waals surface area contributed by atoms with E-state index in [-0.39, 0.29) is 23.3 Å². The van der Waals surface area contributed by atoms with Crippen LogP contribution < -0.4 is 24.9 Å². The molecule has 6 fully saturated rings. The number of likely N-dealkylation sites (tertiary alicyclic amines) is 2. The molecule has 6 heterocycles. The number of amides is 4. The van der Waals surface area contributed by atoms with Crippen molar-refractivity contribution in [3.05, 3.63) is 82.9 Å². The molecule has 59 heavy (non-hydrogen) atoms. The molecule has 0 saturated carbocycles. The highest BCUT2D eigenvalue weighted by atomic mass is 35.5. The fraction of sp³-hybridized carbons (Fsp3) is 0.522. The highest BCUT2D eigenvalue weighted by molar-refractivity contribution is 6.32. The smallest absolute Gasteiger partial charge is 0.328 e. The molecule has 0 radical (unpaired) electrons. The van der Waals surface area contributed by atoms with Crippen molar-refractivity contribution in [3.63, 3.8) is 0 Å². The summed E-state index contributed by atoms with van der Waals surface area (Å²) in [4.78, 5) is 53.6. The van der Waals surface area contributed by atoms with Crippen LogP contribution in [0.15, 0.2) is 66.7 Å². The molecule has 9 rings (SSSR count). The van der Waals surface area contributed by atoms with Gasteiger partial charge in [0.25, 0.3) is 5.91 Å². The van der Waals surface area contributed by atoms with E-state index in [2.05, 4.69) is 72.0 Å². The van der Waals surface area contributed by atoms with Gasteiger partial charge >= 0.3 is 6.03 Å². The average Bonchev–Trinajstić information content (AvgIpc) is 3.57. The van der Waals surface area contributed by atoms with Gasteiger partial charge in [-0.3, -0.25) is 29.6 Å². The second kappa shape index (κ2) is 16.7. The zero-order valence-electron chi connectivity index (χ0n) is 34.2. The third-order valence-electron chi connectivity index (χ3n) is 14.2. The highest BCUT2D eigenvalue weighted by Crippen LogP contribution is 2.46. The first-order chi connectivity index (χ1) is 28.6. The van der Waals surface area contributed by atoms with Gasteiger partial charge in [0.15, 0.2) is 0 Å². The number of piperidine rings is 2. The average molecular weight is 818 g/mol. The van der Waals surface area contributed by atoms with Crippen LogP contribution in [-0.2, 0) is 4.79 Å². The molecule has 0 unspecified atom stereocenters. The fourth-order valence-electron chi connectivity index (χ4n) is 10.6. The fourth-order valence-corrected chi connectivity index (χ4v) is 10.9. The van der Waals surface area contributed by atoms with Gasteiger partial charge in [-0.15, -0.1) is 0 Å². The molecule has 4 amide bonds. The first kappa shape index (κ1) is 39.6. The van der Waals surface area contributed by atoms with E-state index >= 15 is 0 Å². The minimum atomic E-state index is -0.348. The van der Waals surface area contributed by atoms with Gasteiger partial charge in [-0.05, 0) is 117 Å². The summed E-state index contributed by atoms with van der Waals surface area (Å²) >= 11 is 6.39. The molecule has 0 bridgehead atoms. The summed E-state index contributed by atoms with van der Waals surface area (Å²) in [5.74, 6) is 0.576.